The number of carbonyl (C=O) groups is 2. The van der Waals surface area contributed by atoms with Crippen LogP contribution < -0.4 is 5.32 Å². The standard InChI is InChI=1S/C11H21NO4/c1-7(2)5-9(12-8(3)13)10(14)6-11(15)16-4/h7,9-10,14H,5-6H2,1-4H3,(H,12,13)/t9-,10-/m1/s1. The third-order valence-corrected chi connectivity index (χ3v) is 2.18. The molecule has 0 aliphatic heterocycles. The van der Waals surface area contributed by atoms with Gasteiger partial charge in [0.05, 0.1) is 25.7 Å². The Morgan fingerprint density at radius 3 is 2.31 bits per heavy atom. The second-order valence-electron chi connectivity index (χ2n) is 4.28. The molecule has 0 saturated heterocycles. The highest BCUT2D eigenvalue weighted by molar-refractivity contribution is 5.73. The first-order valence-electron chi connectivity index (χ1n) is 5.38. The van der Waals surface area contributed by atoms with Crippen molar-refractivity contribution in [2.24, 2.45) is 5.92 Å². The highest BCUT2D eigenvalue weighted by atomic mass is 16.5. The number of esters is 1. The molecular weight excluding hydrogens is 210 g/mol. The third-order valence-electron chi connectivity index (χ3n) is 2.18. The normalized spacial score (nSPS) is 14.4. The van der Waals surface area contributed by atoms with E-state index in [1.165, 1.54) is 14.0 Å². The van der Waals surface area contributed by atoms with Gasteiger partial charge in [-0.1, -0.05) is 13.8 Å². The van der Waals surface area contributed by atoms with Crippen molar-refractivity contribution in [3.05, 3.63) is 0 Å². The van der Waals surface area contributed by atoms with Crippen LogP contribution in [-0.2, 0) is 14.3 Å². The minimum absolute atomic E-state index is 0.103. The maximum absolute atomic E-state index is 11.0. The number of rotatable bonds is 6. The van der Waals surface area contributed by atoms with Crippen molar-refractivity contribution in [3.8, 4) is 0 Å². The van der Waals surface area contributed by atoms with Gasteiger partial charge in [-0.05, 0) is 12.3 Å². The fraction of sp³-hybridized carbons (Fsp3) is 0.818. The van der Waals surface area contributed by atoms with E-state index in [-0.39, 0.29) is 12.3 Å². The Morgan fingerprint density at radius 1 is 1.38 bits per heavy atom. The SMILES string of the molecule is COC(=O)C[C@@H](O)[C@@H](CC(C)C)NC(C)=O. The molecule has 0 rings (SSSR count). The van der Waals surface area contributed by atoms with E-state index < -0.39 is 18.1 Å². The summed E-state index contributed by atoms with van der Waals surface area (Å²) in [6.45, 7) is 5.36. The first kappa shape index (κ1) is 14.9. The lowest BCUT2D eigenvalue weighted by Gasteiger charge is -2.24. The van der Waals surface area contributed by atoms with E-state index in [4.69, 9.17) is 0 Å². The molecule has 0 heterocycles. The molecule has 0 unspecified atom stereocenters. The van der Waals surface area contributed by atoms with Crippen LogP contribution >= 0.6 is 0 Å². The highest BCUT2D eigenvalue weighted by Gasteiger charge is 2.23. The van der Waals surface area contributed by atoms with Crippen LogP contribution in [0.3, 0.4) is 0 Å². The number of carbonyl (C=O) groups excluding carboxylic acids is 2. The fourth-order valence-corrected chi connectivity index (χ4v) is 1.48. The molecule has 16 heavy (non-hydrogen) atoms. The predicted molar refractivity (Wildman–Crippen MR) is 59.7 cm³/mol. The van der Waals surface area contributed by atoms with Gasteiger partial charge in [0.25, 0.3) is 0 Å². The molecule has 94 valence electrons. The van der Waals surface area contributed by atoms with Gasteiger partial charge in [-0.2, -0.15) is 0 Å². The summed E-state index contributed by atoms with van der Waals surface area (Å²) in [6.07, 6.45) is -0.384. The summed E-state index contributed by atoms with van der Waals surface area (Å²) >= 11 is 0. The second kappa shape index (κ2) is 7.22. The molecule has 2 atom stereocenters. The average molecular weight is 231 g/mol. The highest BCUT2D eigenvalue weighted by Crippen LogP contribution is 2.11. The van der Waals surface area contributed by atoms with Crippen molar-refractivity contribution in [1.82, 2.24) is 5.32 Å². The molecule has 0 aliphatic carbocycles. The number of hydrogen-bond donors (Lipinski definition) is 2. The minimum Gasteiger partial charge on any atom is -0.469 e. The number of aliphatic hydroxyl groups is 1. The Hall–Kier alpha value is -1.10. The van der Waals surface area contributed by atoms with Crippen molar-refractivity contribution in [2.45, 2.75) is 45.8 Å². The van der Waals surface area contributed by atoms with E-state index in [9.17, 15) is 14.7 Å². The molecule has 0 spiro atoms. The Morgan fingerprint density at radius 2 is 1.94 bits per heavy atom. The van der Waals surface area contributed by atoms with Gasteiger partial charge in [-0.3, -0.25) is 9.59 Å². The second-order valence-corrected chi connectivity index (χ2v) is 4.28. The van der Waals surface area contributed by atoms with E-state index in [1.54, 1.807) is 0 Å². The monoisotopic (exact) mass is 231 g/mol. The zero-order chi connectivity index (χ0) is 12.7. The van der Waals surface area contributed by atoms with Crippen LogP contribution in [0.4, 0.5) is 0 Å². The van der Waals surface area contributed by atoms with Gasteiger partial charge in [0.2, 0.25) is 5.91 Å². The molecule has 0 bridgehead atoms. The van der Waals surface area contributed by atoms with E-state index in [2.05, 4.69) is 10.1 Å². The van der Waals surface area contributed by atoms with E-state index in [1.807, 2.05) is 13.8 Å². The minimum atomic E-state index is -0.904. The molecule has 0 aliphatic rings. The summed E-state index contributed by atoms with van der Waals surface area (Å²) in [6, 6.07) is -0.406. The van der Waals surface area contributed by atoms with Crippen LogP contribution in [0.5, 0.6) is 0 Å². The number of nitrogens with one attached hydrogen (secondary N) is 1. The first-order chi connectivity index (χ1) is 7.36. The number of ether oxygens (including phenoxy) is 1. The molecule has 2 N–H and O–H groups in total. The molecule has 0 aromatic rings. The summed E-state index contributed by atoms with van der Waals surface area (Å²) in [5.74, 6) is -0.370. The number of aliphatic hydroxyl groups excluding tert-OH is 1. The third kappa shape index (κ3) is 6.40. The summed E-state index contributed by atoms with van der Waals surface area (Å²) in [7, 11) is 1.27. The van der Waals surface area contributed by atoms with Crippen LogP contribution in [0.25, 0.3) is 0 Å². The Bertz CT molecular complexity index is 240. The molecule has 0 aromatic carbocycles. The van der Waals surface area contributed by atoms with Gasteiger partial charge < -0.3 is 15.2 Å². The van der Waals surface area contributed by atoms with Crippen LogP contribution in [0, 0.1) is 5.92 Å². The van der Waals surface area contributed by atoms with Crippen LogP contribution in [-0.4, -0.2) is 36.2 Å². The molecule has 5 heteroatoms. The lowest BCUT2D eigenvalue weighted by molar-refractivity contribution is -0.143. The lowest BCUT2D eigenvalue weighted by atomic mass is 9.97. The van der Waals surface area contributed by atoms with Crippen LogP contribution in [0.15, 0.2) is 0 Å². The van der Waals surface area contributed by atoms with E-state index in [0.29, 0.717) is 12.3 Å². The predicted octanol–water partition coefficient (Wildman–Crippen LogP) is 0.461. The largest absolute Gasteiger partial charge is 0.469 e. The molecular formula is C11H21NO4. The van der Waals surface area contributed by atoms with Crippen molar-refractivity contribution in [2.75, 3.05) is 7.11 Å². The van der Waals surface area contributed by atoms with E-state index >= 15 is 0 Å². The lowest BCUT2D eigenvalue weighted by Crippen LogP contribution is -2.44. The quantitative estimate of drug-likeness (QED) is 0.651. The summed E-state index contributed by atoms with van der Waals surface area (Å²) in [5, 5.41) is 12.4. The Labute approximate surface area is 96.2 Å². The van der Waals surface area contributed by atoms with Gasteiger partial charge in [0.15, 0.2) is 0 Å². The van der Waals surface area contributed by atoms with Gasteiger partial charge >= 0.3 is 5.97 Å². The maximum Gasteiger partial charge on any atom is 0.308 e. The van der Waals surface area contributed by atoms with Gasteiger partial charge in [-0.15, -0.1) is 0 Å². The zero-order valence-corrected chi connectivity index (χ0v) is 10.3. The van der Waals surface area contributed by atoms with Crippen molar-refractivity contribution in [3.63, 3.8) is 0 Å². The van der Waals surface area contributed by atoms with Gasteiger partial charge in [0, 0.05) is 6.92 Å². The average Bonchev–Trinajstić information content (AvgIpc) is 2.15. The molecule has 5 nitrogen and oxygen atoms in total. The number of methoxy groups -OCH3 is 1. The van der Waals surface area contributed by atoms with E-state index in [0.717, 1.165) is 0 Å². The Balaban J connectivity index is 4.36. The molecule has 0 aromatic heterocycles. The van der Waals surface area contributed by atoms with Crippen molar-refractivity contribution < 1.29 is 19.4 Å². The molecule has 0 saturated carbocycles. The first-order valence-corrected chi connectivity index (χ1v) is 5.38. The Kier molecular flexibility index (Phi) is 6.72. The zero-order valence-electron chi connectivity index (χ0n) is 10.3. The molecule has 0 radical (unpaired) electrons. The van der Waals surface area contributed by atoms with Crippen LogP contribution in [0.1, 0.15) is 33.6 Å². The van der Waals surface area contributed by atoms with Gasteiger partial charge in [-0.25, -0.2) is 0 Å². The van der Waals surface area contributed by atoms with Gasteiger partial charge in [0.1, 0.15) is 0 Å². The number of hydrogen-bond acceptors (Lipinski definition) is 4. The smallest absolute Gasteiger partial charge is 0.308 e. The summed E-state index contributed by atoms with van der Waals surface area (Å²) in [4.78, 5) is 22.0. The van der Waals surface area contributed by atoms with Crippen molar-refractivity contribution in [1.29, 1.82) is 0 Å². The van der Waals surface area contributed by atoms with Crippen LogP contribution in [0.2, 0.25) is 0 Å². The molecule has 0 fully saturated rings. The topological polar surface area (TPSA) is 75.6 Å². The molecule has 1 amide bonds. The maximum atomic E-state index is 11.0. The van der Waals surface area contributed by atoms with Crippen molar-refractivity contribution >= 4 is 11.9 Å². The number of amides is 1. The fourth-order valence-electron chi connectivity index (χ4n) is 1.48. The summed E-state index contributed by atoms with van der Waals surface area (Å²) in [5.41, 5.74) is 0. The summed E-state index contributed by atoms with van der Waals surface area (Å²) < 4.78 is 4.47.